The zero-order valence-corrected chi connectivity index (χ0v) is 17.8. The van der Waals surface area contributed by atoms with Crippen LogP contribution in [0.5, 0.6) is 0 Å². The summed E-state index contributed by atoms with van der Waals surface area (Å²) in [6.07, 6.45) is 9.32. The molecule has 5 rings (SSSR count). The monoisotopic (exact) mass is 441 g/mol. The molecule has 2 heterocycles. The van der Waals surface area contributed by atoms with Crippen molar-refractivity contribution in [1.29, 1.82) is 4.78 Å². The number of nitrogens with one attached hydrogen (secondary N) is 3. The average Bonchev–Trinajstić information content (AvgIpc) is 3.48. The molecule has 11 heteroatoms. The number of benzene rings is 1. The molecule has 0 spiro atoms. The van der Waals surface area contributed by atoms with Gasteiger partial charge in [0, 0.05) is 11.9 Å². The summed E-state index contributed by atoms with van der Waals surface area (Å²) in [5.41, 5.74) is 5.75. The Hall–Kier alpha value is -2.63. The van der Waals surface area contributed by atoms with Crippen molar-refractivity contribution >= 4 is 28.8 Å². The fraction of sp³-hybridized carbons (Fsp3) is 0.400. The average molecular weight is 441 g/mol. The number of amides is 2. The summed E-state index contributed by atoms with van der Waals surface area (Å²) in [6.45, 7) is 0.204. The lowest BCUT2D eigenvalue weighted by atomic mass is 9.87. The van der Waals surface area contributed by atoms with Gasteiger partial charge in [-0.25, -0.2) is 18.5 Å². The van der Waals surface area contributed by atoms with Gasteiger partial charge < -0.3 is 15.0 Å². The van der Waals surface area contributed by atoms with Gasteiger partial charge in [0.05, 0.1) is 12.6 Å². The molecule has 9 nitrogen and oxygen atoms in total. The van der Waals surface area contributed by atoms with Crippen molar-refractivity contribution in [3.8, 4) is 0 Å². The molecule has 0 radical (unpaired) electrons. The third-order valence-electron chi connectivity index (χ3n) is 6.10. The van der Waals surface area contributed by atoms with E-state index in [2.05, 4.69) is 21.2 Å². The van der Waals surface area contributed by atoms with Gasteiger partial charge in [-0.1, -0.05) is 18.1 Å². The minimum absolute atomic E-state index is 0.0364. The van der Waals surface area contributed by atoms with Gasteiger partial charge in [0.15, 0.2) is 14.9 Å². The molecule has 162 valence electrons. The second-order valence-electron chi connectivity index (χ2n) is 8.16. The smallest absolute Gasteiger partial charge is 0.423 e. The van der Waals surface area contributed by atoms with Crippen molar-refractivity contribution in [2.24, 2.45) is 0 Å². The van der Waals surface area contributed by atoms with E-state index < -0.39 is 23.1 Å². The first-order chi connectivity index (χ1) is 14.9. The normalized spacial score (nSPS) is 21.5. The number of nitrogens with zero attached hydrogens (tertiary/aromatic N) is 2. The molecule has 1 aromatic carbocycles. The summed E-state index contributed by atoms with van der Waals surface area (Å²) in [6, 6.07) is 2.78. The van der Waals surface area contributed by atoms with Crippen molar-refractivity contribution < 1.29 is 18.7 Å². The molecule has 4 N–H and O–H groups in total. The molecule has 31 heavy (non-hydrogen) atoms. The molecule has 2 aromatic rings. The van der Waals surface area contributed by atoms with E-state index in [-0.39, 0.29) is 17.7 Å². The van der Waals surface area contributed by atoms with Crippen LogP contribution in [-0.4, -0.2) is 38.8 Å². The number of rotatable bonds is 4. The molecule has 0 saturated carbocycles. The van der Waals surface area contributed by atoms with E-state index in [1.165, 1.54) is 39.0 Å². The molecule has 2 amide bonds. The van der Waals surface area contributed by atoms with Crippen molar-refractivity contribution in [3.05, 3.63) is 52.6 Å². The minimum Gasteiger partial charge on any atom is -0.423 e. The van der Waals surface area contributed by atoms with E-state index in [4.69, 9.17) is 9.43 Å². The first-order valence-electron chi connectivity index (χ1n) is 10.5. The van der Waals surface area contributed by atoms with Crippen molar-refractivity contribution in [3.63, 3.8) is 0 Å². The summed E-state index contributed by atoms with van der Waals surface area (Å²) in [5, 5.41) is 16.4. The van der Waals surface area contributed by atoms with Crippen LogP contribution in [0.1, 0.15) is 41.1 Å². The van der Waals surface area contributed by atoms with E-state index in [1.54, 1.807) is 12.3 Å². The van der Waals surface area contributed by atoms with Gasteiger partial charge in [0.2, 0.25) is 0 Å². The molecule has 1 aliphatic heterocycles. The maximum atomic E-state index is 12.9. The van der Waals surface area contributed by atoms with Crippen molar-refractivity contribution in [2.45, 2.75) is 49.6 Å². The highest BCUT2D eigenvalue weighted by Gasteiger charge is 2.27. The van der Waals surface area contributed by atoms with Crippen LogP contribution in [0.3, 0.4) is 0 Å². The third-order valence-corrected chi connectivity index (χ3v) is 7.38. The molecule has 2 aliphatic carbocycles. The molecule has 0 fully saturated rings. The van der Waals surface area contributed by atoms with Crippen molar-refractivity contribution in [1.82, 2.24) is 14.5 Å². The number of anilines is 1. The zero-order chi connectivity index (χ0) is 21.6. The first-order valence-corrected chi connectivity index (χ1v) is 12.0. The van der Waals surface area contributed by atoms with Crippen LogP contribution in [0.4, 0.5) is 10.5 Å². The Morgan fingerprint density at radius 2 is 1.97 bits per heavy atom. The number of urea groups is 1. The van der Waals surface area contributed by atoms with Crippen LogP contribution >= 0.6 is 0 Å². The summed E-state index contributed by atoms with van der Waals surface area (Å²) in [5.74, 6) is 1.50. The topological polar surface area (TPSA) is 129 Å². The van der Waals surface area contributed by atoms with E-state index in [0.29, 0.717) is 0 Å². The van der Waals surface area contributed by atoms with Crippen LogP contribution < -0.4 is 10.0 Å². The van der Waals surface area contributed by atoms with Gasteiger partial charge in [0.25, 0.3) is 0 Å². The molecule has 0 saturated heterocycles. The van der Waals surface area contributed by atoms with E-state index >= 15 is 0 Å². The molecular formula is C20H24BN5O4S. The van der Waals surface area contributed by atoms with Gasteiger partial charge in [-0.3, -0.25) is 4.68 Å². The zero-order valence-electron chi connectivity index (χ0n) is 17.0. The Labute approximate surface area is 181 Å². The second-order valence-corrected chi connectivity index (χ2v) is 9.89. The fourth-order valence-electron chi connectivity index (χ4n) is 4.64. The van der Waals surface area contributed by atoms with Crippen LogP contribution in [0.25, 0.3) is 0 Å². The standard InChI is InChI=1S/C20H24BN5O4S/c22-31(29,18-8-10-26(24-18)15-7-9-21(28)30-12-15)25-20(27)23-19-16-5-1-3-13(16)11-14-4-2-6-17(14)19/h7-11,15,28H,1-6,12H2,(H3,22,23,25,27,29). The van der Waals surface area contributed by atoms with E-state index in [9.17, 15) is 14.0 Å². The van der Waals surface area contributed by atoms with E-state index in [1.807, 2.05) is 0 Å². The van der Waals surface area contributed by atoms with Crippen LogP contribution in [0, 0.1) is 4.78 Å². The number of carbonyl (C=O) groups is 1. The maximum Gasteiger partial charge on any atom is 0.483 e. The lowest BCUT2D eigenvalue weighted by Crippen LogP contribution is -2.34. The van der Waals surface area contributed by atoms with Crippen molar-refractivity contribution in [2.75, 3.05) is 11.9 Å². The lowest BCUT2D eigenvalue weighted by Gasteiger charge is -2.19. The number of hydrogen-bond donors (Lipinski definition) is 4. The summed E-state index contributed by atoms with van der Waals surface area (Å²) in [4.78, 5) is 12.7. The van der Waals surface area contributed by atoms with Gasteiger partial charge in [0.1, 0.15) is 0 Å². The molecule has 0 bridgehead atoms. The maximum absolute atomic E-state index is 12.9. The highest BCUT2D eigenvalue weighted by Crippen LogP contribution is 2.38. The fourth-order valence-corrected chi connectivity index (χ4v) is 5.52. The molecule has 2 atom stereocenters. The van der Waals surface area contributed by atoms with Crippen LogP contribution in [0.15, 0.2) is 35.4 Å². The lowest BCUT2D eigenvalue weighted by molar-refractivity contribution is 0.222. The Morgan fingerprint density at radius 1 is 1.26 bits per heavy atom. The highest BCUT2D eigenvalue weighted by atomic mass is 32.2. The number of fused-ring (bicyclic) bond motifs is 2. The van der Waals surface area contributed by atoms with Crippen LogP contribution in [-0.2, 0) is 40.3 Å². The third kappa shape index (κ3) is 3.88. The Balaban J connectivity index is 1.33. The molecule has 2 unspecified atom stereocenters. The summed E-state index contributed by atoms with van der Waals surface area (Å²) in [7, 11) is -4.59. The van der Waals surface area contributed by atoms with Gasteiger partial charge in [-0.05, 0) is 66.8 Å². The number of hydrogen-bond acceptors (Lipinski definition) is 6. The Morgan fingerprint density at radius 3 is 2.61 bits per heavy atom. The summed E-state index contributed by atoms with van der Waals surface area (Å²) >= 11 is 0. The highest BCUT2D eigenvalue weighted by molar-refractivity contribution is 7.91. The largest absolute Gasteiger partial charge is 0.483 e. The number of carbonyl (C=O) groups excluding carboxylic acids is 1. The first kappa shape index (κ1) is 20.3. The minimum atomic E-state index is -3.64. The van der Waals surface area contributed by atoms with Crippen LogP contribution in [0.2, 0.25) is 0 Å². The number of aromatic nitrogens is 2. The molecule has 3 aliphatic rings. The predicted octanol–water partition coefficient (Wildman–Crippen LogP) is 2.15. The predicted molar refractivity (Wildman–Crippen MR) is 116 cm³/mol. The Kier molecular flexibility index (Phi) is 5.11. The molecular weight excluding hydrogens is 417 g/mol. The van der Waals surface area contributed by atoms with Gasteiger partial charge in [-0.2, -0.15) is 5.10 Å². The summed E-state index contributed by atoms with van der Waals surface area (Å²) < 4.78 is 30.1. The van der Waals surface area contributed by atoms with E-state index in [0.717, 1.165) is 44.2 Å². The second kappa shape index (κ2) is 7.81. The van der Waals surface area contributed by atoms with Gasteiger partial charge >= 0.3 is 13.1 Å². The quantitative estimate of drug-likeness (QED) is 0.541. The number of aryl methyl sites for hydroxylation is 2. The molecule has 1 aromatic heterocycles. The van der Waals surface area contributed by atoms with Gasteiger partial charge in [-0.15, -0.1) is 0 Å². The Bertz CT molecular complexity index is 1140. The SMILES string of the molecule is N=S(=O)(NC(=O)Nc1c2c(cc3c1CCC3)CCC2)c1ccn(C2C=CB(O)OC2)n1.